The lowest BCUT2D eigenvalue weighted by atomic mass is 9.49. The van der Waals surface area contributed by atoms with Crippen LogP contribution < -0.4 is 4.74 Å². The minimum atomic E-state index is -0.962. The number of aliphatic hydroxyl groups is 1. The molecule has 142 valence electrons. The first-order valence-corrected chi connectivity index (χ1v) is 9.99. The van der Waals surface area contributed by atoms with Crippen molar-refractivity contribution in [2.45, 2.75) is 42.4 Å². The number of para-hydroxylation sites is 1. The molecule has 1 saturated heterocycles. The molecule has 2 bridgehead atoms. The Kier molecular flexibility index (Phi) is 2.51. The number of piperidine rings is 1. The first kappa shape index (κ1) is 15.4. The highest BCUT2D eigenvalue weighted by Crippen LogP contribution is 2.69. The molecule has 4 aliphatic rings. The van der Waals surface area contributed by atoms with Crippen LogP contribution in [0.15, 0.2) is 40.8 Å². The van der Waals surface area contributed by atoms with Crippen molar-refractivity contribution in [3.05, 3.63) is 58.8 Å². The van der Waals surface area contributed by atoms with Crippen molar-refractivity contribution >= 4 is 11.0 Å². The predicted octanol–water partition coefficient (Wildman–Crippen LogP) is 3.06. The maximum absolute atomic E-state index is 12.4. The van der Waals surface area contributed by atoms with Gasteiger partial charge in [0.2, 0.25) is 0 Å². The van der Waals surface area contributed by atoms with E-state index in [2.05, 4.69) is 18.0 Å². The van der Waals surface area contributed by atoms with Crippen LogP contribution in [0.2, 0.25) is 0 Å². The van der Waals surface area contributed by atoms with E-state index in [1.165, 1.54) is 5.56 Å². The first-order chi connectivity index (χ1) is 13.5. The zero-order valence-electron chi connectivity index (χ0n) is 15.6. The highest BCUT2D eigenvalue weighted by atomic mass is 16.5. The zero-order chi connectivity index (χ0) is 18.8. The summed E-state index contributed by atoms with van der Waals surface area (Å²) in [6.45, 7) is 0.886. The van der Waals surface area contributed by atoms with Crippen LogP contribution in [-0.2, 0) is 18.3 Å². The van der Waals surface area contributed by atoms with E-state index >= 15 is 0 Å². The van der Waals surface area contributed by atoms with Gasteiger partial charge in [0.25, 0.3) is 0 Å². The summed E-state index contributed by atoms with van der Waals surface area (Å²) in [5.41, 5.74) is 2.53. The second kappa shape index (κ2) is 4.56. The van der Waals surface area contributed by atoms with Gasteiger partial charge >= 0.3 is 0 Å². The van der Waals surface area contributed by atoms with Crippen LogP contribution in [0.3, 0.4) is 0 Å². The van der Waals surface area contributed by atoms with Crippen molar-refractivity contribution in [1.29, 1.82) is 0 Å². The Hall–Kier alpha value is -2.50. The quantitative estimate of drug-likeness (QED) is 0.632. The Balaban J connectivity index is 1.62. The van der Waals surface area contributed by atoms with Gasteiger partial charge in [-0.25, -0.2) is 0 Å². The Morgan fingerprint density at radius 1 is 1.18 bits per heavy atom. The molecule has 2 aliphatic heterocycles. The number of likely N-dealkylation sites (N-methyl/N-ethyl adjacent to an activating group) is 1. The summed E-state index contributed by atoms with van der Waals surface area (Å²) >= 11 is 0. The Morgan fingerprint density at radius 2 is 2.04 bits per heavy atom. The molecule has 7 rings (SSSR count). The van der Waals surface area contributed by atoms with Crippen LogP contribution in [0.5, 0.6) is 11.5 Å². The van der Waals surface area contributed by atoms with Gasteiger partial charge in [0, 0.05) is 29.0 Å². The summed E-state index contributed by atoms with van der Waals surface area (Å²) in [5, 5.41) is 24.0. The van der Waals surface area contributed by atoms with Crippen molar-refractivity contribution in [2.24, 2.45) is 0 Å². The molecule has 3 heterocycles. The molecule has 4 atom stereocenters. The van der Waals surface area contributed by atoms with Crippen LogP contribution in [0.1, 0.15) is 35.0 Å². The second-order valence-corrected chi connectivity index (χ2v) is 8.91. The SMILES string of the molecule is CN1CC[C@]23c4c5ccc(O)c4O[C@H]2c2oc4ccccc4c2C[C@@]3(O)[C@H]1C5. The third-order valence-electron chi connectivity index (χ3n) is 7.89. The minimum absolute atomic E-state index is 0.0113. The normalized spacial score (nSPS) is 34.8. The van der Waals surface area contributed by atoms with Gasteiger partial charge in [0.05, 0.1) is 11.0 Å². The summed E-state index contributed by atoms with van der Waals surface area (Å²) in [7, 11) is 2.11. The molecular formula is C23H21NO4. The topological polar surface area (TPSA) is 66.1 Å². The van der Waals surface area contributed by atoms with Gasteiger partial charge in [-0.2, -0.15) is 0 Å². The van der Waals surface area contributed by atoms with E-state index in [0.29, 0.717) is 12.2 Å². The number of nitrogens with zero attached hydrogens (tertiary/aromatic N) is 1. The molecule has 28 heavy (non-hydrogen) atoms. The summed E-state index contributed by atoms with van der Waals surface area (Å²) in [4.78, 5) is 2.30. The lowest BCUT2D eigenvalue weighted by molar-refractivity contribution is -0.170. The van der Waals surface area contributed by atoms with E-state index in [-0.39, 0.29) is 11.8 Å². The van der Waals surface area contributed by atoms with Crippen LogP contribution in [-0.4, -0.2) is 40.3 Å². The van der Waals surface area contributed by atoms with E-state index < -0.39 is 17.1 Å². The molecule has 1 spiro atoms. The molecule has 1 fully saturated rings. The van der Waals surface area contributed by atoms with Crippen LogP contribution in [0.25, 0.3) is 11.0 Å². The lowest BCUT2D eigenvalue weighted by Crippen LogP contribution is -2.73. The predicted molar refractivity (Wildman–Crippen MR) is 103 cm³/mol. The number of rotatable bonds is 0. The molecule has 0 saturated carbocycles. The fraction of sp³-hybridized carbons (Fsp3) is 0.391. The number of hydrogen-bond acceptors (Lipinski definition) is 5. The smallest absolute Gasteiger partial charge is 0.169 e. The first-order valence-electron chi connectivity index (χ1n) is 9.99. The van der Waals surface area contributed by atoms with Gasteiger partial charge in [-0.05, 0) is 44.1 Å². The molecule has 0 unspecified atom stereocenters. The van der Waals surface area contributed by atoms with Crippen LogP contribution >= 0.6 is 0 Å². The number of aromatic hydroxyl groups is 1. The number of phenolic OH excluding ortho intramolecular Hbond substituents is 1. The van der Waals surface area contributed by atoms with Crippen molar-refractivity contribution in [1.82, 2.24) is 4.90 Å². The number of phenols is 1. The minimum Gasteiger partial charge on any atom is -0.504 e. The van der Waals surface area contributed by atoms with Crippen molar-refractivity contribution < 1.29 is 19.4 Å². The third kappa shape index (κ3) is 1.42. The number of benzene rings is 2. The van der Waals surface area contributed by atoms with E-state index in [1.54, 1.807) is 6.07 Å². The van der Waals surface area contributed by atoms with Gasteiger partial charge in [0.15, 0.2) is 17.6 Å². The summed E-state index contributed by atoms with van der Waals surface area (Å²) in [5.74, 6) is 1.51. The maximum Gasteiger partial charge on any atom is 0.169 e. The molecule has 0 amide bonds. The average Bonchev–Trinajstić information content (AvgIpc) is 3.22. The summed E-state index contributed by atoms with van der Waals surface area (Å²) in [6.07, 6.45) is 1.68. The van der Waals surface area contributed by atoms with Crippen molar-refractivity contribution in [2.75, 3.05) is 13.6 Å². The van der Waals surface area contributed by atoms with E-state index in [4.69, 9.17) is 9.15 Å². The third-order valence-corrected chi connectivity index (χ3v) is 7.89. The molecule has 5 heteroatoms. The van der Waals surface area contributed by atoms with E-state index in [1.807, 2.05) is 24.3 Å². The highest BCUT2D eigenvalue weighted by molar-refractivity contribution is 5.84. The fourth-order valence-electron chi connectivity index (χ4n) is 6.69. The molecule has 5 nitrogen and oxygen atoms in total. The van der Waals surface area contributed by atoms with Crippen LogP contribution in [0.4, 0.5) is 0 Å². The standard InChI is InChI=1S/C23H21NO4/c1-24-9-8-22-18-12-6-7-15(25)20(18)28-21(22)19-14(11-23(22,26)17(24)10-12)13-4-2-3-5-16(13)27-19/h2-7,17,21,25-26H,8-11H2,1H3/t17-,21+,22+,23-/m1/s1. The van der Waals surface area contributed by atoms with Gasteiger partial charge in [-0.1, -0.05) is 24.3 Å². The number of fused-ring (bicyclic) bond motifs is 4. The molecule has 2 aromatic carbocycles. The summed E-state index contributed by atoms with van der Waals surface area (Å²) in [6, 6.07) is 11.8. The summed E-state index contributed by atoms with van der Waals surface area (Å²) < 4.78 is 12.8. The Bertz CT molecular complexity index is 1180. The second-order valence-electron chi connectivity index (χ2n) is 8.91. The van der Waals surface area contributed by atoms with E-state index in [9.17, 15) is 10.2 Å². The Morgan fingerprint density at radius 3 is 2.93 bits per heavy atom. The number of ether oxygens (including phenoxy) is 1. The van der Waals surface area contributed by atoms with Gasteiger partial charge in [-0.3, -0.25) is 0 Å². The van der Waals surface area contributed by atoms with E-state index in [0.717, 1.165) is 47.2 Å². The molecule has 1 aromatic heterocycles. The number of hydrogen-bond donors (Lipinski definition) is 2. The fourth-order valence-corrected chi connectivity index (χ4v) is 6.69. The monoisotopic (exact) mass is 375 g/mol. The van der Waals surface area contributed by atoms with Gasteiger partial charge in [0.1, 0.15) is 11.3 Å². The van der Waals surface area contributed by atoms with Crippen molar-refractivity contribution in [3.8, 4) is 11.5 Å². The molecular weight excluding hydrogens is 354 g/mol. The zero-order valence-corrected chi connectivity index (χ0v) is 15.6. The number of likely N-dealkylation sites (tertiary alicyclic amines) is 1. The molecule has 2 N–H and O–H groups in total. The maximum atomic E-state index is 12.4. The number of furan rings is 1. The largest absolute Gasteiger partial charge is 0.504 e. The highest BCUT2D eigenvalue weighted by Gasteiger charge is 2.73. The Labute approximate surface area is 162 Å². The average molecular weight is 375 g/mol. The van der Waals surface area contributed by atoms with Gasteiger partial charge in [-0.15, -0.1) is 0 Å². The molecule has 2 aliphatic carbocycles. The molecule has 3 aromatic rings. The van der Waals surface area contributed by atoms with Crippen LogP contribution in [0, 0.1) is 0 Å². The molecule has 0 radical (unpaired) electrons. The van der Waals surface area contributed by atoms with Crippen molar-refractivity contribution in [3.63, 3.8) is 0 Å². The lowest BCUT2D eigenvalue weighted by Gasteiger charge is -2.61. The van der Waals surface area contributed by atoms with Gasteiger partial charge < -0.3 is 24.3 Å².